The van der Waals surface area contributed by atoms with E-state index in [-0.39, 0.29) is 5.92 Å². The predicted octanol–water partition coefficient (Wildman–Crippen LogP) is 8.41. The van der Waals surface area contributed by atoms with Crippen LogP contribution in [-0.2, 0) is 0 Å². The SMILES string of the molecule is C=CCOc1ccc(C)c(C(c2c(C)ccc(OCC=C)c2C)c2c(C)ccc(OCC=C)c2C)c1C. The predicted molar refractivity (Wildman–Crippen MR) is 156 cm³/mol. The average Bonchev–Trinajstić information content (AvgIpc) is 2.87. The Morgan fingerprint density at radius 2 is 0.784 bits per heavy atom. The normalized spacial score (nSPS) is 10.8. The Hall–Kier alpha value is -3.72. The third-order valence-electron chi connectivity index (χ3n) is 6.99. The van der Waals surface area contributed by atoms with Crippen LogP contribution >= 0.6 is 0 Å². The molecule has 0 fully saturated rings. The quantitative estimate of drug-likeness (QED) is 0.186. The first-order valence-electron chi connectivity index (χ1n) is 12.8. The Labute approximate surface area is 223 Å². The molecule has 0 aliphatic heterocycles. The first-order valence-corrected chi connectivity index (χ1v) is 12.8. The van der Waals surface area contributed by atoms with Crippen molar-refractivity contribution in [1.29, 1.82) is 0 Å². The van der Waals surface area contributed by atoms with Crippen molar-refractivity contribution in [2.45, 2.75) is 47.5 Å². The smallest absolute Gasteiger partial charge is 0.123 e. The fourth-order valence-corrected chi connectivity index (χ4v) is 5.21. The van der Waals surface area contributed by atoms with E-state index in [0.717, 1.165) is 33.9 Å². The molecular weight excluding hydrogens is 456 g/mol. The Balaban J connectivity index is 2.42. The molecule has 0 spiro atoms. The summed E-state index contributed by atoms with van der Waals surface area (Å²) in [6.45, 7) is 25.8. The zero-order valence-corrected chi connectivity index (χ0v) is 23.2. The molecule has 0 unspecified atom stereocenters. The number of hydrogen-bond donors (Lipinski definition) is 0. The van der Waals surface area contributed by atoms with E-state index in [1.165, 1.54) is 33.4 Å². The lowest BCUT2D eigenvalue weighted by atomic mass is 9.74. The Bertz CT molecular complexity index is 1140. The van der Waals surface area contributed by atoms with Crippen molar-refractivity contribution in [3.05, 3.63) is 124 Å². The van der Waals surface area contributed by atoms with Gasteiger partial charge in [-0.1, -0.05) is 56.2 Å². The van der Waals surface area contributed by atoms with Crippen molar-refractivity contribution in [2.75, 3.05) is 19.8 Å². The Kier molecular flexibility index (Phi) is 9.41. The van der Waals surface area contributed by atoms with Crippen LogP contribution in [0.1, 0.15) is 56.0 Å². The highest BCUT2D eigenvalue weighted by Gasteiger charge is 2.30. The van der Waals surface area contributed by atoms with Crippen molar-refractivity contribution in [3.63, 3.8) is 0 Å². The van der Waals surface area contributed by atoms with Crippen LogP contribution in [0, 0.1) is 41.5 Å². The second-order valence-electron chi connectivity index (χ2n) is 9.49. The highest BCUT2D eigenvalue weighted by Crippen LogP contribution is 2.46. The van der Waals surface area contributed by atoms with Crippen LogP contribution in [-0.4, -0.2) is 19.8 Å². The number of rotatable bonds is 12. The van der Waals surface area contributed by atoms with Crippen LogP contribution in [0.15, 0.2) is 74.4 Å². The molecule has 0 aliphatic carbocycles. The average molecular weight is 497 g/mol. The molecule has 0 aromatic heterocycles. The molecule has 3 heteroatoms. The summed E-state index contributed by atoms with van der Waals surface area (Å²) in [5.41, 5.74) is 10.7. The largest absolute Gasteiger partial charge is 0.489 e. The first kappa shape index (κ1) is 27.9. The highest BCUT2D eigenvalue weighted by molar-refractivity contribution is 5.62. The fraction of sp³-hybridized carbons (Fsp3) is 0.294. The molecule has 3 nitrogen and oxygen atoms in total. The molecule has 0 radical (unpaired) electrons. The lowest BCUT2D eigenvalue weighted by Gasteiger charge is -2.30. The van der Waals surface area contributed by atoms with Crippen molar-refractivity contribution in [1.82, 2.24) is 0 Å². The van der Waals surface area contributed by atoms with Crippen LogP contribution in [0.2, 0.25) is 0 Å². The van der Waals surface area contributed by atoms with Crippen LogP contribution < -0.4 is 14.2 Å². The summed E-state index contributed by atoms with van der Waals surface area (Å²) in [5.74, 6) is 2.56. The van der Waals surface area contributed by atoms with E-state index in [0.29, 0.717) is 19.8 Å². The van der Waals surface area contributed by atoms with Gasteiger partial charge in [-0.3, -0.25) is 0 Å². The van der Waals surface area contributed by atoms with Gasteiger partial charge in [-0.2, -0.15) is 0 Å². The molecule has 0 atom stereocenters. The molecular formula is C34H40O3. The summed E-state index contributed by atoms with van der Waals surface area (Å²) >= 11 is 0. The van der Waals surface area contributed by atoms with Crippen LogP contribution in [0.5, 0.6) is 17.2 Å². The molecule has 0 saturated carbocycles. The standard InChI is InChI=1S/C34H40O3/c1-10-19-35-28-16-13-22(4)31(25(28)7)34(32-23(5)14-17-29(26(32)8)36-20-11-2)33-24(6)15-18-30(27(33)9)37-21-12-3/h10-18,34H,1-3,19-21H2,4-9H3. The topological polar surface area (TPSA) is 27.7 Å². The van der Waals surface area contributed by atoms with Gasteiger partial charge in [-0.05, 0) is 110 Å². The number of hydrogen-bond acceptors (Lipinski definition) is 3. The molecule has 0 amide bonds. The lowest BCUT2D eigenvalue weighted by molar-refractivity contribution is 0.358. The molecule has 3 rings (SSSR count). The minimum atomic E-state index is -0.0492. The van der Waals surface area contributed by atoms with Gasteiger partial charge < -0.3 is 14.2 Å². The fourth-order valence-electron chi connectivity index (χ4n) is 5.21. The van der Waals surface area contributed by atoms with Crippen molar-refractivity contribution in [2.24, 2.45) is 0 Å². The second-order valence-corrected chi connectivity index (χ2v) is 9.49. The molecule has 3 aromatic carbocycles. The third kappa shape index (κ3) is 5.83. The molecule has 0 N–H and O–H groups in total. The van der Waals surface area contributed by atoms with Crippen molar-refractivity contribution >= 4 is 0 Å². The van der Waals surface area contributed by atoms with Crippen LogP contribution in [0.3, 0.4) is 0 Å². The molecule has 0 heterocycles. The maximum Gasteiger partial charge on any atom is 0.123 e. The summed E-state index contributed by atoms with van der Waals surface area (Å²) in [5, 5.41) is 0. The summed E-state index contributed by atoms with van der Waals surface area (Å²) in [6, 6.07) is 12.6. The summed E-state index contributed by atoms with van der Waals surface area (Å²) < 4.78 is 18.3. The van der Waals surface area contributed by atoms with E-state index in [4.69, 9.17) is 14.2 Å². The number of benzene rings is 3. The molecule has 0 bridgehead atoms. The highest BCUT2D eigenvalue weighted by atomic mass is 16.5. The zero-order valence-electron chi connectivity index (χ0n) is 23.2. The number of aryl methyl sites for hydroxylation is 3. The van der Waals surface area contributed by atoms with Gasteiger partial charge >= 0.3 is 0 Å². The molecule has 37 heavy (non-hydrogen) atoms. The van der Waals surface area contributed by atoms with Crippen LogP contribution in [0.4, 0.5) is 0 Å². The van der Waals surface area contributed by atoms with E-state index in [1.807, 2.05) is 0 Å². The van der Waals surface area contributed by atoms with Gasteiger partial charge in [0.2, 0.25) is 0 Å². The van der Waals surface area contributed by atoms with Gasteiger partial charge in [0, 0.05) is 5.92 Å². The molecule has 3 aromatic rings. The minimum Gasteiger partial charge on any atom is -0.489 e. The summed E-state index contributed by atoms with van der Waals surface area (Å²) in [7, 11) is 0. The van der Waals surface area contributed by atoms with Gasteiger partial charge in [-0.25, -0.2) is 0 Å². The van der Waals surface area contributed by atoms with E-state index in [2.05, 4.69) is 97.7 Å². The Morgan fingerprint density at radius 3 is 1.03 bits per heavy atom. The first-order chi connectivity index (χ1) is 17.8. The second kappa shape index (κ2) is 12.5. The van der Waals surface area contributed by atoms with Gasteiger partial charge in [0.1, 0.15) is 37.1 Å². The van der Waals surface area contributed by atoms with Gasteiger partial charge in [0.25, 0.3) is 0 Å². The van der Waals surface area contributed by atoms with Crippen LogP contribution in [0.25, 0.3) is 0 Å². The molecule has 0 saturated heterocycles. The monoisotopic (exact) mass is 496 g/mol. The van der Waals surface area contributed by atoms with Gasteiger partial charge in [0.05, 0.1) is 0 Å². The van der Waals surface area contributed by atoms with Crippen molar-refractivity contribution < 1.29 is 14.2 Å². The minimum absolute atomic E-state index is 0.0492. The van der Waals surface area contributed by atoms with Gasteiger partial charge in [0.15, 0.2) is 0 Å². The molecule has 0 aliphatic rings. The zero-order chi connectivity index (χ0) is 27.1. The third-order valence-corrected chi connectivity index (χ3v) is 6.99. The maximum atomic E-state index is 6.09. The van der Waals surface area contributed by atoms with E-state index < -0.39 is 0 Å². The number of ether oxygens (including phenoxy) is 3. The van der Waals surface area contributed by atoms with E-state index in [9.17, 15) is 0 Å². The summed E-state index contributed by atoms with van der Waals surface area (Å²) in [4.78, 5) is 0. The maximum absolute atomic E-state index is 6.09. The Morgan fingerprint density at radius 1 is 0.514 bits per heavy atom. The lowest BCUT2D eigenvalue weighted by Crippen LogP contribution is -2.15. The summed E-state index contributed by atoms with van der Waals surface area (Å²) in [6.07, 6.45) is 5.33. The molecule has 194 valence electrons. The van der Waals surface area contributed by atoms with E-state index >= 15 is 0 Å². The van der Waals surface area contributed by atoms with Crippen molar-refractivity contribution in [3.8, 4) is 17.2 Å². The van der Waals surface area contributed by atoms with Gasteiger partial charge in [-0.15, -0.1) is 0 Å². The van der Waals surface area contributed by atoms with E-state index in [1.54, 1.807) is 18.2 Å².